The second-order valence-corrected chi connectivity index (χ2v) is 7.57. The van der Waals surface area contributed by atoms with Gasteiger partial charge in [0.25, 0.3) is 0 Å². The van der Waals surface area contributed by atoms with E-state index >= 15 is 0 Å². The van der Waals surface area contributed by atoms with Crippen molar-refractivity contribution in [3.8, 4) is 0 Å². The topological polar surface area (TPSA) is 88.3 Å². The molecule has 118 valence electrons. The minimum Gasteiger partial charge on any atom is -0.467 e. The van der Waals surface area contributed by atoms with Gasteiger partial charge < -0.3 is 14.6 Å². The highest BCUT2D eigenvalue weighted by molar-refractivity contribution is 7.91. The summed E-state index contributed by atoms with van der Waals surface area (Å²) in [6.45, 7) is 0.533. The second kappa shape index (κ2) is 5.96. The molecule has 0 radical (unpaired) electrons. The molecule has 0 aliphatic carbocycles. The van der Waals surface area contributed by atoms with Gasteiger partial charge in [-0.3, -0.25) is 0 Å². The van der Waals surface area contributed by atoms with E-state index in [4.69, 9.17) is 4.42 Å². The SMILES string of the molecule is CN(c1nccc(NCc2ccco2)n1)C1CCS(=O)(=O)C1. The van der Waals surface area contributed by atoms with Crippen LogP contribution in [0.4, 0.5) is 11.8 Å². The number of anilines is 2. The zero-order valence-electron chi connectivity index (χ0n) is 12.3. The number of nitrogens with zero attached hydrogens (tertiary/aromatic N) is 3. The van der Waals surface area contributed by atoms with E-state index in [1.165, 1.54) is 0 Å². The summed E-state index contributed by atoms with van der Waals surface area (Å²) in [5.41, 5.74) is 0. The summed E-state index contributed by atoms with van der Waals surface area (Å²) in [4.78, 5) is 10.5. The van der Waals surface area contributed by atoms with Gasteiger partial charge in [-0.2, -0.15) is 4.98 Å². The second-order valence-electron chi connectivity index (χ2n) is 5.34. The molecule has 1 N–H and O–H groups in total. The molecule has 0 saturated carbocycles. The van der Waals surface area contributed by atoms with Crippen LogP contribution >= 0.6 is 0 Å². The van der Waals surface area contributed by atoms with Crippen LogP contribution in [0.1, 0.15) is 12.2 Å². The number of hydrogen-bond acceptors (Lipinski definition) is 7. The van der Waals surface area contributed by atoms with Crippen LogP contribution in [0.25, 0.3) is 0 Å². The highest BCUT2D eigenvalue weighted by atomic mass is 32.2. The van der Waals surface area contributed by atoms with Crippen LogP contribution < -0.4 is 10.2 Å². The Morgan fingerprint density at radius 3 is 3.00 bits per heavy atom. The predicted octanol–water partition coefficient (Wildman–Crippen LogP) is 1.30. The number of furan rings is 1. The Kier molecular flexibility index (Phi) is 4.02. The number of sulfone groups is 1. The van der Waals surface area contributed by atoms with Gasteiger partial charge in [0.2, 0.25) is 5.95 Å². The lowest BCUT2D eigenvalue weighted by Crippen LogP contribution is -2.33. The Hall–Kier alpha value is -2.09. The maximum atomic E-state index is 11.6. The van der Waals surface area contributed by atoms with Crippen molar-refractivity contribution >= 4 is 21.6 Å². The third-order valence-corrected chi connectivity index (χ3v) is 5.49. The van der Waals surface area contributed by atoms with E-state index in [2.05, 4.69) is 15.3 Å². The molecule has 2 aromatic heterocycles. The first-order valence-corrected chi connectivity index (χ1v) is 8.88. The average Bonchev–Trinajstić information content (AvgIpc) is 3.14. The van der Waals surface area contributed by atoms with E-state index in [1.807, 2.05) is 24.1 Å². The van der Waals surface area contributed by atoms with Crippen molar-refractivity contribution in [2.24, 2.45) is 0 Å². The molecule has 1 saturated heterocycles. The summed E-state index contributed by atoms with van der Waals surface area (Å²) in [6, 6.07) is 5.41. The van der Waals surface area contributed by atoms with Gasteiger partial charge in [0.05, 0.1) is 24.3 Å². The lowest BCUT2D eigenvalue weighted by Gasteiger charge is -2.23. The molecule has 0 amide bonds. The molecule has 22 heavy (non-hydrogen) atoms. The fourth-order valence-corrected chi connectivity index (χ4v) is 4.23. The van der Waals surface area contributed by atoms with Crippen LogP contribution in [0.3, 0.4) is 0 Å². The van der Waals surface area contributed by atoms with Crippen molar-refractivity contribution in [2.45, 2.75) is 19.0 Å². The maximum absolute atomic E-state index is 11.6. The first-order chi connectivity index (χ1) is 10.5. The molecule has 0 spiro atoms. The predicted molar refractivity (Wildman–Crippen MR) is 83.5 cm³/mol. The van der Waals surface area contributed by atoms with Gasteiger partial charge in [-0.15, -0.1) is 0 Å². The normalized spacial score (nSPS) is 20.0. The van der Waals surface area contributed by atoms with E-state index in [1.54, 1.807) is 18.5 Å². The fourth-order valence-electron chi connectivity index (χ4n) is 2.45. The molecule has 3 rings (SSSR count). The van der Waals surface area contributed by atoms with E-state index in [9.17, 15) is 8.42 Å². The Bertz CT molecular complexity index is 730. The Balaban J connectivity index is 1.68. The number of hydrogen-bond donors (Lipinski definition) is 1. The van der Waals surface area contributed by atoms with Crippen LogP contribution in [0, 0.1) is 0 Å². The van der Waals surface area contributed by atoms with E-state index in [-0.39, 0.29) is 17.5 Å². The summed E-state index contributed by atoms with van der Waals surface area (Å²) in [7, 11) is -1.09. The minimum absolute atomic E-state index is 0.0645. The Morgan fingerprint density at radius 2 is 2.32 bits per heavy atom. The molecule has 0 aromatic carbocycles. The molecule has 0 bridgehead atoms. The monoisotopic (exact) mass is 322 g/mol. The van der Waals surface area contributed by atoms with Gasteiger partial charge in [0, 0.05) is 19.3 Å². The van der Waals surface area contributed by atoms with Crippen LogP contribution in [-0.2, 0) is 16.4 Å². The third-order valence-electron chi connectivity index (χ3n) is 3.74. The van der Waals surface area contributed by atoms with Crippen molar-refractivity contribution in [2.75, 3.05) is 28.8 Å². The maximum Gasteiger partial charge on any atom is 0.227 e. The van der Waals surface area contributed by atoms with Crippen LogP contribution in [-0.4, -0.2) is 43.0 Å². The van der Waals surface area contributed by atoms with Gasteiger partial charge in [0.1, 0.15) is 11.6 Å². The summed E-state index contributed by atoms with van der Waals surface area (Å²) in [5.74, 6) is 2.41. The van der Waals surface area contributed by atoms with Crippen LogP contribution in [0.2, 0.25) is 0 Å². The highest BCUT2D eigenvalue weighted by Gasteiger charge is 2.31. The van der Waals surface area contributed by atoms with Crippen LogP contribution in [0.5, 0.6) is 0 Å². The molecule has 1 aliphatic heterocycles. The molecule has 1 aliphatic rings. The van der Waals surface area contributed by atoms with E-state index in [0.29, 0.717) is 24.7 Å². The summed E-state index contributed by atoms with van der Waals surface area (Å²) in [5, 5.41) is 3.16. The molecular formula is C14H18N4O3S. The first-order valence-electron chi connectivity index (χ1n) is 7.06. The summed E-state index contributed by atoms with van der Waals surface area (Å²) < 4.78 is 28.4. The molecule has 1 atom stereocenters. The fraction of sp³-hybridized carbons (Fsp3) is 0.429. The third kappa shape index (κ3) is 3.38. The molecular weight excluding hydrogens is 304 g/mol. The highest BCUT2D eigenvalue weighted by Crippen LogP contribution is 2.21. The van der Waals surface area contributed by atoms with Crippen molar-refractivity contribution in [3.05, 3.63) is 36.4 Å². The summed E-state index contributed by atoms with van der Waals surface area (Å²) in [6.07, 6.45) is 3.90. The molecule has 1 unspecified atom stereocenters. The van der Waals surface area contributed by atoms with Crippen molar-refractivity contribution < 1.29 is 12.8 Å². The van der Waals surface area contributed by atoms with E-state index < -0.39 is 9.84 Å². The molecule has 1 fully saturated rings. The lowest BCUT2D eigenvalue weighted by molar-refractivity contribution is 0.517. The standard InChI is InChI=1S/C14H18N4O3S/c1-18(11-5-8-22(19,20)10-11)14-15-6-4-13(17-14)16-9-12-3-2-7-21-12/h2-4,6-7,11H,5,8-10H2,1H3,(H,15,16,17). The Labute approximate surface area is 129 Å². The average molecular weight is 322 g/mol. The Morgan fingerprint density at radius 1 is 1.45 bits per heavy atom. The number of rotatable bonds is 5. The van der Waals surface area contributed by atoms with Crippen molar-refractivity contribution in [1.82, 2.24) is 9.97 Å². The molecule has 8 heteroatoms. The number of nitrogens with one attached hydrogen (secondary N) is 1. The summed E-state index contributed by atoms with van der Waals surface area (Å²) >= 11 is 0. The zero-order valence-corrected chi connectivity index (χ0v) is 13.1. The number of aromatic nitrogens is 2. The van der Waals surface area contributed by atoms with Crippen LogP contribution in [0.15, 0.2) is 35.1 Å². The van der Waals surface area contributed by atoms with Gasteiger partial charge in [0.15, 0.2) is 9.84 Å². The minimum atomic E-state index is -2.92. The smallest absolute Gasteiger partial charge is 0.227 e. The quantitative estimate of drug-likeness (QED) is 0.887. The zero-order chi connectivity index (χ0) is 15.6. The molecule has 3 heterocycles. The molecule has 7 nitrogen and oxygen atoms in total. The van der Waals surface area contributed by atoms with Crippen molar-refractivity contribution in [3.63, 3.8) is 0 Å². The van der Waals surface area contributed by atoms with Crippen molar-refractivity contribution in [1.29, 1.82) is 0 Å². The van der Waals surface area contributed by atoms with Gasteiger partial charge in [-0.05, 0) is 24.6 Å². The first kappa shape index (κ1) is 14.8. The van der Waals surface area contributed by atoms with Gasteiger partial charge >= 0.3 is 0 Å². The van der Waals surface area contributed by atoms with Gasteiger partial charge in [-0.1, -0.05) is 0 Å². The van der Waals surface area contributed by atoms with E-state index in [0.717, 1.165) is 5.76 Å². The van der Waals surface area contributed by atoms with Gasteiger partial charge in [-0.25, -0.2) is 13.4 Å². The largest absolute Gasteiger partial charge is 0.467 e. The lowest BCUT2D eigenvalue weighted by atomic mass is 10.2. The molecule has 2 aromatic rings.